The van der Waals surface area contributed by atoms with Crippen LogP contribution in [0.1, 0.15) is 37.5 Å². The Kier molecular flexibility index (Phi) is 6.97. The van der Waals surface area contributed by atoms with E-state index in [0.29, 0.717) is 19.3 Å². The molecule has 3 unspecified atom stereocenters. The molecule has 0 aromatic carbocycles. The summed E-state index contributed by atoms with van der Waals surface area (Å²) < 4.78 is 6.95. The topological polar surface area (TPSA) is 41.5 Å². The van der Waals surface area contributed by atoms with E-state index in [4.69, 9.17) is 4.74 Å². The molecule has 0 saturated heterocycles. The summed E-state index contributed by atoms with van der Waals surface area (Å²) >= 11 is 5.16. The molecule has 1 heterocycles. The first kappa shape index (κ1) is 16.4. The van der Waals surface area contributed by atoms with Crippen LogP contribution in [-0.2, 0) is 11.3 Å². The summed E-state index contributed by atoms with van der Waals surface area (Å²) in [6.07, 6.45) is 4.79. The highest BCUT2D eigenvalue weighted by molar-refractivity contribution is 9.10. The second-order valence-electron chi connectivity index (χ2n) is 5.74. The van der Waals surface area contributed by atoms with Gasteiger partial charge in [-0.1, -0.05) is 19.8 Å². The molecule has 3 atom stereocenters. The van der Waals surface area contributed by atoms with E-state index in [2.05, 4.69) is 39.6 Å². The maximum atomic E-state index is 9.94. The third kappa shape index (κ3) is 5.82. The molecule has 0 bridgehead atoms. The van der Waals surface area contributed by atoms with Crippen LogP contribution in [0.25, 0.3) is 0 Å². The third-order valence-corrected chi connectivity index (χ3v) is 5.41. The van der Waals surface area contributed by atoms with Crippen molar-refractivity contribution in [3.05, 3.63) is 20.8 Å². The fourth-order valence-electron chi connectivity index (χ4n) is 2.64. The molecule has 114 valence electrons. The van der Waals surface area contributed by atoms with Crippen LogP contribution < -0.4 is 5.32 Å². The van der Waals surface area contributed by atoms with Gasteiger partial charge in [0, 0.05) is 27.8 Å². The molecule has 20 heavy (non-hydrogen) atoms. The van der Waals surface area contributed by atoms with Crippen LogP contribution in [-0.4, -0.2) is 30.5 Å². The molecular weight excluding hydrogens is 338 g/mol. The summed E-state index contributed by atoms with van der Waals surface area (Å²) in [5, 5.41) is 15.3. The molecule has 0 spiro atoms. The van der Waals surface area contributed by atoms with Crippen LogP contribution in [0.3, 0.4) is 0 Å². The number of aliphatic hydroxyl groups excluding tert-OH is 1. The minimum Gasteiger partial charge on any atom is -0.389 e. The summed E-state index contributed by atoms with van der Waals surface area (Å²) in [5.41, 5.74) is 0. The molecule has 1 aromatic heterocycles. The van der Waals surface area contributed by atoms with Gasteiger partial charge in [-0.25, -0.2) is 0 Å². The molecule has 3 nitrogen and oxygen atoms in total. The van der Waals surface area contributed by atoms with Crippen LogP contribution in [0.4, 0.5) is 0 Å². The van der Waals surface area contributed by atoms with E-state index in [-0.39, 0.29) is 0 Å². The van der Waals surface area contributed by atoms with E-state index in [1.54, 1.807) is 11.3 Å². The molecule has 1 aromatic rings. The van der Waals surface area contributed by atoms with Gasteiger partial charge in [-0.05, 0) is 40.8 Å². The second-order valence-corrected chi connectivity index (χ2v) is 7.65. The predicted octanol–water partition coefficient (Wildman–Crippen LogP) is 3.56. The number of rotatable bonds is 7. The smallest absolute Gasteiger partial charge is 0.0897 e. The van der Waals surface area contributed by atoms with Gasteiger partial charge in [-0.3, -0.25) is 0 Å². The highest BCUT2D eigenvalue weighted by Crippen LogP contribution is 2.25. The number of thiophene rings is 1. The van der Waals surface area contributed by atoms with Crippen molar-refractivity contribution < 1.29 is 9.84 Å². The van der Waals surface area contributed by atoms with Crippen molar-refractivity contribution in [3.8, 4) is 0 Å². The van der Waals surface area contributed by atoms with E-state index in [1.165, 1.54) is 17.7 Å². The Labute approximate surface area is 133 Å². The first-order valence-corrected chi connectivity index (χ1v) is 9.04. The maximum absolute atomic E-state index is 9.94. The molecule has 2 rings (SSSR count). The Morgan fingerprint density at radius 1 is 1.55 bits per heavy atom. The Balaban J connectivity index is 1.57. The Hall–Kier alpha value is 0.0600. The third-order valence-electron chi connectivity index (χ3n) is 3.71. The van der Waals surface area contributed by atoms with Crippen LogP contribution in [0.5, 0.6) is 0 Å². The molecule has 1 aliphatic carbocycles. The first-order valence-electron chi connectivity index (χ1n) is 7.36. The zero-order valence-corrected chi connectivity index (χ0v) is 14.4. The van der Waals surface area contributed by atoms with Gasteiger partial charge in [0.25, 0.3) is 0 Å². The van der Waals surface area contributed by atoms with Crippen LogP contribution >= 0.6 is 27.3 Å². The minimum atomic E-state index is -0.421. The minimum absolute atomic E-state index is 0.349. The molecule has 1 fully saturated rings. The van der Waals surface area contributed by atoms with Gasteiger partial charge >= 0.3 is 0 Å². The lowest BCUT2D eigenvalue weighted by molar-refractivity contribution is -0.0306. The maximum Gasteiger partial charge on any atom is 0.0897 e. The fourth-order valence-corrected chi connectivity index (χ4v) is 4.07. The molecule has 0 aliphatic heterocycles. The lowest BCUT2D eigenvalue weighted by atomic mass is 9.89. The van der Waals surface area contributed by atoms with Gasteiger partial charge in [-0.15, -0.1) is 11.3 Å². The normalized spacial score (nSPS) is 24.8. The number of ether oxygens (including phenoxy) is 1. The van der Waals surface area contributed by atoms with Crippen molar-refractivity contribution >= 4 is 27.3 Å². The van der Waals surface area contributed by atoms with E-state index >= 15 is 0 Å². The van der Waals surface area contributed by atoms with E-state index in [1.807, 2.05) is 0 Å². The van der Waals surface area contributed by atoms with E-state index in [9.17, 15) is 5.11 Å². The first-order chi connectivity index (χ1) is 9.63. The summed E-state index contributed by atoms with van der Waals surface area (Å²) in [6.45, 7) is 4.11. The molecule has 1 aliphatic rings. The lowest BCUT2D eigenvalue weighted by Gasteiger charge is -2.27. The molecule has 5 heteroatoms. The number of hydrogen-bond acceptors (Lipinski definition) is 4. The van der Waals surface area contributed by atoms with Crippen molar-refractivity contribution in [1.29, 1.82) is 0 Å². The van der Waals surface area contributed by atoms with Gasteiger partial charge in [0.15, 0.2) is 0 Å². The monoisotopic (exact) mass is 361 g/mol. The van der Waals surface area contributed by atoms with Crippen LogP contribution in [0.15, 0.2) is 15.9 Å². The fraction of sp³-hybridized carbons (Fsp3) is 0.733. The zero-order chi connectivity index (χ0) is 14.4. The number of nitrogens with one attached hydrogen (secondary N) is 1. The number of hydrogen-bond donors (Lipinski definition) is 2. The van der Waals surface area contributed by atoms with E-state index < -0.39 is 6.10 Å². The van der Waals surface area contributed by atoms with Gasteiger partial charge in [0.1, 0.15) is 0 Å². The average Bonchev–Trinajstić information content (AvgIpc) is 2.82. The molecule has 1 saturated carbocycles. The standard InChI is InChI=1S/C15H24BrNO2S/c1-11-3-2-4-14(5-11)19-9-13(18)7-17-8-15-6-12(16)10-20-15/h6,10-11,13-14,17-18H,2-5,7-9H2,1H3. The van der Waals surface area contributed by atoms with Crippen LogP contribution in [0.2, 0.25) is 0 Å². The summed E-state index contributed by atoms with van der Waals surface area (Å²) in [6, 6.07) is 2.10. The summed E-state index contributed by atoms with van der Waals surface area (Å²) in [7, 11) is 0. The summed E-state index contributed by atoms with van der Waals surface area (Å²) in [4.78, 5) is 1.27. The molecular formula is C15H24BrNO2S. The molecule has 0 radical (unpaired) electrons. The van der Waals surface area contributed by atoms with Crippen molar-refractivity contribution in [2.75, 3.05) is 13.2 Å². The lowest BCUT2D eigenvalue weighted by Crippen LogP contribution is -2.32. The Morgan fingerprint density at radius 2 is 2.40 bits per heavy atom. The Bertz CT molecular complexity index is 399. The number of aliphatic hydroxyl groups is 1. The summed E-state index contributed by atoms with van der Waals surface area (Å²) in [5.74, 6) is 0.765. The van der Waals surface area contributed by atoms with Gasteiger partial charge in [0.2, 0.25) is 0 Å². The van der Waals surface area contributed by atoms with E-state index in [0.717, 1.165) is 29.8 Å². The highest BCUT2D eigenvalue weighted by Gasteiger charge is 2.20. The van der Waals surface area contributed by atoms with Crippen molar-refractivity contribution in [1.82, 2.24) is 5.32 Å². The van der Waals surface area contributed by atoms with Crippen molar-refractivity contribution in [2.45, 2.75) is 51.4 Å². The largest absolute Gasteiger partial charge is 0.389 e. The van der Waals surface area contributed by atoms with Gasteiger partial charge < -0.3 is 15.2 Å². The second kappa shape index (κ2) is 8.49. The molecule has 0 amide bonds. The van der Waals surface area contributed by atoms with Gasteiger partial charge in [0.05, 0.1) is 18.8 Å². The molecule has 2 N–H and O–H groups in total. The quantitative estimate of drug-likeness (QED) is 0.779. The van der Waals surface area contributed by atoms with Gasteiger partial charge in [-0.2, -0.15) is 0 Å². The zero-order valence-electron chi connectivity index (χ0n) is 12.0. The number of halogens is 1. The SMILES string of the molecule is CC1CCCC(OCC(O)CNCc2cc(Br)cs2)C1. The van der Waals surface area contributed by atoms with Crippen molar-refractivity contribution in [2.24, 2.45) is 5.92 Å². The van der Waals surface area contributed by atoms with Crippen LogP contribution in [0, 0.1) is 5.92 Å². The average molecular weight is 362 g/mol. The highest BCUT2D eigenvalue weighted by atomic mass is 79.9. The predicted molar refractivity (Wildman–Crippen MR) is 87.1 cm³/mol. The van der Waals surface area contributed by atoms with Crippen molar-refractivity contribution in [3.63, 3.8) is 0 Å². The Morgan fingerprint density at radius 3 is 3.10 bits per heavy atom.